The molecular weight excluding hydrogens is 514 g/mol. The predicted octanol–water partition coefficient (Wildman–Crippen LogP) is 6.45. The van der Waals surface area contributed by atoms with Crippen molar-refractivity contribution >= 4 is 34.0 Å². The third-order valence-corrected chi connectivity index (χ3v) is 9.08. The molecule has 5 rings (SSSR count). The summed E-state index contributed by atoms with van der Waals surface area (Å²) in [5, 5.41) is 33.1. The molecule has 0 bridgehead atoms. The predicted molar refractivity (Wildman–Crippen MR) is 152 cm³/mol. The molecule has 0 fully saturated rings. The fraction of sp³-hybridized carbons (Fsp3) is 0.310. The maximum atomic E-state index is 13.0. The first kappa shape index (κ1) is 26.0. The van der Waals surface area contributed by atoms with Crippen LogP contribution in [0.3, 0.4) is 0 Å². The second-order valence-corrected chi connectivity index (χ2v) is 12.5. The van der Waals surface area contributed by atoms with Gasteiger partial charge < -0.3 is 10.4 Å². The van der Waals surface area contributed by atoms with Crippen LogP contribution in [-0.4, -0.2) is 31.5 Å². The summed E-state index contributed by atoms with van der Waals surface area (Å²) in [5.74, 6) is 1.05. The number of phenolic OH excluding ortho intramolecular Hbond substituents is 1. The van der Waals surface area contributed by atoms with E-state index < -0.39 is 0 Å². The molecule has 7 nitrogen and oxygen atoms in total. The largest absolute Gasteiger partial charge is 0.507 e. The van der Waals surface area contributed by atoms with E-state index in [0.717, 1.165) is 30.5 Å². The van der Waals surface area contributed by atoms with Crippen LogP contribution in [0.25, 0.3) is 17.1 Å². The molecule has 0 radical (unpaired) electrons. The molecule has 0 spiro atoms. The van der Waals surface area contributed by atoms with E-state index in [1.165, 1.54) is 28.0 Å². The van der Waals surface area contributed by atoms with Crippen LogP contribution in [0.15, 0.2) is 59.8 Å². The van der Waals surface area contributed by atoms with Crippen LogP contribution in [0.2, 0.25) is 0 Å². The van der Waals surface area contributed by atoms with Gasteiger partial charge in [0.25, 0.3) is 0 Å². The third-order valence-electron chi connectivity index (χ3n) is 6.98. The third kappa shape index (κ3) is 5.19. The van der Waals surface area contributed by atoms with Crippen LogP contribution in [0.4, 0.5) is 5.00 Å². The van der Waals surface area contributed by atoms with Gasteiger partial charge in [-0.25, -0.2) is 0 Å². The Hall–Kier alpha value is -3.61. The van der Waals surface area contributed by atoms with Crippen molar-refractivity contribution in [2.75, 3.05) is 11.1 Å². The molecule has 1 amide bonds. The zero-order valence-electron chi connectivity index (χ0n) is 21.6. The Morgan fingerprint density at radius 3 is 2.63 bits per heavy atom. The van der Waals surface area contributed by atoms with Gasteiger partial charge >= 0.3 is 0 Å². The topological polar surface area (TPSA) is 104 Å². The molecule has 9 heteroatoms. The Bertz CT molecular complexity index is 1510. The van der Waals surface area contributed by atoms with Gasteiger partial charge in [0.05, 0.1) is 16.9 Å². The number of carbonyl (C=O) groups is 1. The van der Waals surface area contributed by atoms with Gasteiger partial charge in [-0.2, -0.15) is 5.26 Å². The van der Waals surface area contributed by atoms with Crippen LogP contribution >= 0.6 is 23.1 Å². The molecule has 0 saturated heterocycles. The summed E-state index contributed by atoms with van der Waals surface area (Å²) >= 11 is 2.79. The van der Waals surface area contributed by atoms with Crippen molar-refractivity contribution in [1.82, 2.24) is 14.8 Å². The van der Waals surface area contributed by atoms with Gasteiger partial charge in [-0.05, 0) is 60.4 Å². The standard InChI is InChI=1S/C29H29N5O2S2/c1-29(2,3)18-13-14-20-22(16-30)27(38-24(20)15-18)31-25(36)17-37-28-33-32-26(21-11-7-8-12-23(21)35)34(28)19-9-5-4-6-10-19/h4-12,18,35H,13-15,17H2,1-3H3,(H,31,36)/t18-/m0/s1. The van der Waals surface area contributed by atoms with Gasteiger partial charge in [-0.15, -0.1) is 21.5 Å². The Kier molecular flexibility index (Phi) is 7.28. The molecule has 1 aliphatic carbocycles. The van der Waals surface area contributed by atoms with Crippen molar-refractivity contribution in [3.8, 4) is 28.9 Å². The van der Waals surface area contributed by atoms with Crippen LogP contribution in [0.1, 0.15) is 43.2 Å². The fourth-order valence-corrected chi connectivity index (χ4v) is 6.88. The SMILES string of the molecule is CC(C)(C)[C@H]1CCc2c(sc(NC(=O)CSc3nnc(-c4ccccc4O)n3-c3ccccc3)c2C#N)C1. The van der Waals surface area contributed by atoms with Crippen molar-refractivity contribution in [3.05, 3.63) is 70.6 Å². The van der Waals surface area contributed by atoms with Crippen LogP contribution in [0.5, 0.6) is 5.75 Å². The second kappa shape index (κ2) is 10.6. The number of thioether (sulfide) groups is 1. The number of anilines is 1. The maximum Gasteiger partial charge on any atom is 0.235 e. The average molecular weight is 544 g/mol. The molecule has 38 heavy (non-hydrogen) atoms. The molecule has 4 aromatic rings. The van der Waals surface area contributed by atoms with Gasteiger partial charge in [0, 0.05) is 10.6 Å². The first-order chi connectivity index (χ1) is 18.3. The maximum absolute atomic E-state index is 13.0. The molecule has 0 saturated carbocycles. The van der Waals surface area contributed by atoms with Crippen LogP contribution in [-0.2, 0) is 17.6 Å². The smallest absolute Gasteiger partial charge is 0.235 e. The quantitative estimate of drug-likeness (QED) is 0.271. The highest BCUT2D eigenvalue weighted by atomic mass is 32.2. The average Bonchev–Trinajstić information content (AvgIpc) is 3.48. The summed E-state index contributed by atoms with van der Waals surface area (Å²) in [5.41, 5.74) is 3.28. The lowest BCUT2D eigenvalue weighted by atomic mass is 9.72. The summed E-state index contributed by atoms with van der Waals surface area (Å²) in [6.07, 6.45) is 2.87. The van der Waals surface area contributed by atoms with E-state index in [9.17, 15) is 15.2 Å². The van der Waals surface area contributed by atoms with E-state index in [1.54, 1.807) is 18.2 Å². The molecule has 0 unspecified atom stereocenters. The lowest BCUT2D eigenvalue weighted by molar-refractivity contribution is -0.113. The van der Waals surface area contributed by atoms with E-state index in [-0.39, 0.29) is 22.8 Å². The molecular formula is C29H29N5O2S2. The van der Waals surface area contributed by atoms with Gasteiger partial charge in [0.15, 0.2) is 11.0 Å². The second-order valence-electron chi connectivity index (χ2n) is 10.5. The molecule has 194 valence electrons. The highest BCUT2D eigenvalue weighted by Gasteiger charge is 2.32. The number of hydrogen-bond acceptors (Lipinski definition) is 7. The number of nitrogens with one attached hydrogen (secondary N) is 1. The first-order valence-electron chi connectivity index (χ1n) is 12.5. The van der Waals surface area contributed by atoms with E-state index in [4.69, 9.17) is 0 Å². The number of thiophene rings is 1. The normalized spacial score (nSPS) is 15.1. The molecule has 2 aromatic heterocycles. The van der Waals surface area contributed by atoms with Crippen LogP contribution in [0, 0.1) is 22.7 Å². The number of phenols is 1. The molecule has 1 atom stereocenters. The van der Waals surface area contributed by atoms with Crippen molar-refractivity contribution < 1.29 is 9.90 Å². The number of nitrogens with zero attached hydrogens (tertiary/aromatic N) is 4. The zero-order chi connectivity index (χ0) is 26.9. The number of fused-ring (bicyclic) bond motifs is 1. The Balaban J connectivity index is 1.36. The number of benzene rings is 2. The monoisotopic (exact) mass is 543 g/mol. The van der Waals surface area contributed by atoms with Gasteiger partial charge in [0.1, 0.15) is 16.8 Å². The lowest BCUT2D eigenvalue weighted by Gasteiger charge is -2.33. The molecule has 2 aromatic carbocycles. The van der Waals surface area contributed by atoms with Crippen molar-refractivity contribution in [2.24, 2.45) is 11.3 Å². The Morgan fingerprint density at radius 2 is 1.92 bits per heavy atom. The number of para-hydroxylation sites is 2. The van der Waals surface area contributed by atoms with Crippen LogP contribution < -0.4 is 5.32 Å². The van der Waals surface area contributed by atoms with Crippen molar-refractivity contribution in [1.29, 1.82) is 5.26 Å². The van der Waals surface area contributed by atoms with E-state index in [0.29, 0.717) is 33.0 Å². The number of hydrogen-bond donors (Lipinski definition) is 2. The minimum atomic E-state index is -0.204. The molecule has 2 N–H and O–H groups in total. The molecule has 0 aliphatic heterocycles. The minimum Gasteiger partial charge on any atom is -0.507 e. The van der Waals surface area contributed by atoms with E-state index >= 15 is 0 Å². The number of amides is 1. The van der Waals surface area contributed by atoms with E-state index in [1.807, 2.05) is 41.0 Å². The first-order valence-corrected chi connectivity index (χ1v) is 14.3. The number of carbonyl (C=O) groups excluding carboxylic acids is 1. The highest BCUT2D eigenvalue weighted by Crippen LogP contribution is 2.44. The number of rotatable bonds is 6. The van der Waals surface area contributed by atoms with Crippen molar-refractivity contribution in [3.63, 3.8) is 0 Å². The summed E-state index contributed by atoms with van der Waals surface area (Å²) in [4.78, 5) is 14.3. The molecule has 2 heterocycles. The Labute approximate surface area is 230 Å². The Morgan fingerprint density at radius 1 is 1.18 bits per heavy atom. The molecule has 1 aliphatic rings. The van der Waals surface area contributed by atoms with Crippen molar-refractivity contribution in [2.45, 2.75) is 45.2 Å². The summed E-state index contributed by atoms with van der Waals surface area (Å²) in [6, 6.07) is 18.9. The van der Waals surface area contributed by atoms with Gasteiger partial charge in [-0.3, -0.25) is 9.36 Å². The number of aromatic nitrogens is 3. The number of aromatic hydroxyl groups is 1. The summed E-state index contributed by atoms with van der Waals surface area (Å²) in [7, 11) is 0. The lowest BCUT2D eigenvalue weighted by Crippen LogP contribution is -2.26. The minimum absolute atomic E-state index is 0.101. The van der Waals surface area contributed by atoms with E-state index in [2.05, 4.69) is 42.4 Å². The fourth-order valence-electron chi connectivity index (χ4n) is 4.83. The summed E-state index contributed by atoms with van der Waals surface area (Å²) < 4.78 is 1.84. The highest BCUT2D eigenvalue weighted by molar-refractivity contribution is 7.99. The number of nitriles is 1. The summed E-state index contributed by atoms with van der Waals surface area (Å²) in [6.45, 7) is 6.79. The van der Waals surface area contributed by atoms with Gasteiger partial charge in [-0.1, -0.05) is 62.9 Å². The van der Waals surface area contributed by atoms with Gasteiger partial charge in [0.2, 0.25) is 5.91 Å². The zero-order valence-corrected chi connectivity index (χ0v) is 23.2.